The average Bonchev–Trinajstić information content (AvgIpc) is 3.20. The molecule has 0 aliphatic rings. The first-order valence-corrected chi connectivity index (χ1v) is 10.3. The van der Waals surface area contributed by atoms with E-state index in [4.69, 9.17) is 25.9 Å². The van der Waals surface area contributed by atoms with Gasteiger partial charge in [0, 0.05) is 6.54 Å². The third kappa shape index (κ3) is 7.44. The van der Waals surface area contributed by atoms with E-state index >= 15 is 0 Å². The van der Waals surface area contributed by atoms with Crippen LogP contribution in [-0.4, -0.2) is 45.1 Å². The number of rotatable bonds is 11. The zero-order valence-electron chi connectivity index (χ0n) is 15.7. The van der Waals surface area contributed by atoms with Gasteiger partial charge in [0.2, 0.25) is 10.0 Å². The summed E-state index contributed by atoms with van der Waals surface area (Å²) in [4.78, 5) is 37.7. The van der Waals surface area contributed by atoms with E-state index in [9.17, 15) is 28.1 Å². The molecule has 0 saturated carbocycles. The highest BCUT2D eigenvalue weighted by Crippen LogP contribution is 2.29. The van der Waals surface area contributed by atoms with Crippen molar-refractivity contribution in [2.45, 2.75) is 11.4 Å². The number of amides is 1. The highest BCUT2D eigenvalue weighted by molar-refractivity contribution is 7.89. The largest absolute Gasteiger partial charge is 0.467 e. The first-order valence-electron chi connectivity index (χ1n) is 8.41. The molecule has 0 spiro atoms. The fraction of sp³-hybridized carbons (Fsp3) is 0.250. The van der Waals surface area contributed by atoms with E-state index in [1.54, 1.807) is 12.1 Å². The number of nitrogens with zero attached hydrogens (tertiary/aromatic N) is 1. The topological polar surface area (TPSA) is 193 Å². The number of carbonyl (C=O) groups is 2. The summed E-state index contributed by atoms with van der Waals surface area (Å²) in [6.45, 7) is -1.18. The van der Waals surface area contributed by atoms with Gasteiger partial charge in [-0.2, -0.15) is 0 Å². The second kappa shape index (κ2) is 10.6. The van der Waals surface area contributed by atoms with Crippen LogP contribution in [0, 0.1) is 10.1 Å². The Morgan fingerprint density at radius 3 is 2.68 bits per heavy atom. The van der Waals surface area contributed by atoms with Gasteiger partial charge in [-0.25, -0.2) is 18.4 Å². The summed E-state index contributed by atoms with van der Waals surface area (Å²) in [5.41, 5.74) is -0.136. The zero-order chi connectivity index (χ0) is 23.0. The minimum absolute atomic E-state index is 0.110. The zero-order valence-corrected chi connectivity index (χ0v) is 17.3. The monoisotopic (exact) mass is 476 g/mol. The third-order valence-electron chi connectivity index (χ3n) is 3.59. The number of furan rings is 1. The smallest absolute Gasteiger partial charge is 0.340 e. The number of nitrogens with one attached hydrogen (secondary N) is 2. The van der Waals surface area contributed by atoms with Gasteiger partial charge in [-0.3, -0.25) is 4.79 Å². The Kier molecular flexibility index (Phi) is 8.18. The Balaban J connectivity index is 2.12. The summed E-state index contributed by atoms with van der Waals surface area (Å²) in [7, 11) is -4.25. The van der Waals surface area contributed by atoms with Gasteiger partial charge in [-0.15, -0.1) is 10.1 Å². The van der Waals surface area contributed by atoms with E-state index in [0.29, 0.717) is 5.76 Å². The first-order chi connectivity index (χ1) is 14.6. The summed E-state index contributed by atoms with van der Waals surface area (Å²) in [6.07, 6.45) is 1.44. The van der Waals surface area contributed by atoms with Crippen LogP contribution in [0.1, 0.15) is 16.1 Å². The Bertz CT molecular complexity index is 1060. The molecule has 1 amide bonds. The molecular weight excluding hydrogens is 460 g/mol. The van der Waals surface area contributed by atoms with Gasteiger partial charge >= 0.3 is 5.97 Å². The van der Waals surface area contributed by atoms with Gasteiger partial charge in [0.05, 0.1) is 29.1 Å². The number of anilines is 1. The van der Waals surface area contributed by atoms with Gasteiger partial charge in [-0.05, 0) is 24.3 Å². The summed E-state index contributed by atoms with van der Waals surface area (Å²) < 4.78 is 33.5. The molecule has 1 aromatic carbocycles. The molecule has 4 N–H and O–H groups in total. The van der Waals surface area contributed by atoms with Crippen LogP contribution in [0.3, 0.4) is 0 Å². The molecule has 0 radical (unpaired) electrons. The predicted octanol–water partition coefficient (Wildman–Crippen LogP) is 0.674. The number of hydrogen-bond donors (Lipinski definition) is 3. The van der Waals surface area contributed by atoms with E-state index in [1.807, 2.05) is 0 Å². The average molecular weight is 477 g/mol. The minimum Gasteiger partial charge on any atom is -0.467 e. The summed E-state index contributed by atoms with van der Waals surface area (Å²) >= 11 is 5.97. The molecule has 1 aromatic heterocycles. The second-order valence-corrected chi connectivity index (χ2v) is 7.73. The molecule has 2 aromatic rings. The molecule has 15 heteroatoms. The molecule has 2 rings (SSSR count). The van der Waals surface area contributed by atoms with Crippen LogP contribution in [0.2, 0.25) is 5.02 Å². The number of esters is 1. The lowest BCUT2D eigenvalue weighted by atomic mass is 10.1. The van der Waals surface area contributed by atoms with Crippen molar-refractivity contribution in [3.05, 3.63) is 57.0 Å². The van der Waals surface area contributed by atoms with E-state index < -0.39 is 38.5 Å². The highest BCUT2D eigenvalue weighted by atomic mass is 35.5. The van der Waals surface area contributed by atoms with Gasteiger partial charge in [0.25, 0.3) is 11.0 Å². The second-order valence-electron chi connectivity index (χ2n) is 5.79. The van der Waals surface area contributed by atoms with Crippen LogP contribution in [-0.2, 0) is 30.9 Å². The summed E-state index contributed by atoms with van der Waals surface area (Å²) in [5.74, 6) is -1.28. The highest BCUT2D eigenvalue weighted by Gasteiger charge is 2.22. The number of sulfonamides is 1. The maximum absolute atomic E-state index is 12.5. The molecule has 13 nitrogen and oxygen atoms in total. The number of primary sulfonamides is 1. The van der Waals surface area contributed by atoms with E-state index in [2.05, 4.69) is 15.5 Å². The Morgan fingerprint density at radius 2 is 2.06 bits per heavy atom. The van der Waals surface area contributed by atoms with Gasteiger partial charge in [0.15, 0.2) is 6.61 Å². The van der Waals surface area contributed by atoms with Crippen LogP contribution in [0.4, 0.5) is 5.69 Å². The minimum atomic E-state index is -4.25. The van der Waals surface area contributed by atoms with Crippen molar-refractivity contribution in [2.24, 2.45) is 5.14 Å². The number of ether oxygens (including phenoxy) is 1. The first kappa shape index (κ1) is 23.9. The lowest BCUT2D eigenvalue weighted by Crippen LogP contribution is -2.32. The Morgan fingerprint density at radius 1 is 1.32 bits per heavy atom. The lowest BCUT2D eigenvalue weighted by molar-refractivity contribution is -0.757. The predicted molar refractivity (Wildman–Crippen MR) is 105 cm³/mol. The van der Waals surface area contributed by atoms with Crippen LogP contribution >= 0.6 is 11.6 Å². The third-order valence-corrected chi connectivity index (χ3v) is 4.96. The van der Waals surface area contributed by atoms with Crippen molar-refractivity contribution in [3.8, 4) is 0 Å². The van der Waals surface area contributed by atoms with E-state index in [0.717, 1.165) is 6.07 Å². The molecule has 0 fully saturated rings. The molecule has 0 unspecified atom stereocenters. The molecule has 31 heavy (non-hydrogen) atoms. The Hall–Kier alpha value is -3.36. The van der Waals surface area contributed by atoms with Crippen molar-refractivity contribution in [1.29, 1.82) is 0 Å². The van der Waals surface area contributed by atoms with E-state index in [1.165, 1.54) is 12.3 Å². The number of benzene rings is 1. The maximum atomic E-state index is 12.5. The number of hydrogen-bond acceptors (Lipinski definition) is 10. The van der Waals surface area contributed by atoms with E-state index in [-0.39, 0.29) is 36.0 Å². The normalized spacial score (nSPS) is 10.9. The molecule has 0 aliphatic heterocycles. The standard InChI is InChI=1S/C16H17ClN4O9S/c17-12-7-13(20-8-10-2-1-4-28-10)11(6-14(12)31(18,26)27)16(23)29-9-15(22)19-3-5-30-21(24)25/h1-2,4,6-7,20H,3,5,8-9H2,(H,19,22)(H2,18,26,27). The summed E-state index contributed by atoms with van der Waals surface area (Å²) in [5, 5.41) is 19.0. The SMILES string of the molecule is NS(=O)(=O)c1cc(C(=O)OCC(=O)NCCO[N+](=O)[O-])c(NCc2ccco2)cc1Cl. The van der Waals surface area contributed by atoms with Crippen molar-refractivity contribution in [3.63, 3.8) is 0 Å². The van der Waals surface area contributed by atoms with Gasteiger partial charge in [0.1, 0.15) is 17.3 Å². The van der Waals surface area contributed by atoms with Crippen LogP contribution in [0.5, 0.6) is 0 Å². The van der Waals surface area contributed by atoms with Crippen molar-refractivity contribution in [2.75, 3.05) is 25.1 Å². The van der Waals surface area contributed by atoms with Gasteiger partial charge < -0.3 is 24.6 Å². The fourth-order valence-corrected chi connectivity index (χ4v) is 3.35. The molecular formula is C16H17ClN4O9S. The Labute approximate surface area is 180 Å². The van der Waals surface area contributed by atoms with Crippen molar-refractivity contribution in [1.82, 2.24) is 5.32 Å². The lowest BCUT2D eigenvalue weighted by Gasteiger charge is -2.14. The maximum Gasteiger partial charge on any atom is 0.340 e. The fourth-order valence-electron chi connectivity index (χ4n) is 2.25. The van der Waals surface area contributed by atoms with Crippen molar-refractivity contribution < 1.29 is 37.1 Å². The quantitative estimate of drug-likeness (QED) is 0.179. The van der Waals surface area contributed by atoms with Gasteiger partial charge in [-0.1, -0.05) is 11.6 Å². The number of carbonyl (C=O) groups excluding carboxylic acids is 2. The van der Waals surface area contributed by atoms with Crippen LogP contribution in [0.15, 0.2) is 39.8 Å². The number of nitrogens with two attached hydrogens (primary N) is 1. The molecule has 0 aliphatic carbocycles. The van der Waals surface area contributed by atoms with Crippen LogP contribution < -0.4 is 15.8 Å². The molecule has 168 valence electrons. The molecule has 1 heterocycles. The van der Waals surface area contributed by atoms with Crippen molar-refractivity contribution >= 4 is 39.2 Å². The molecule has 0 atom stereocenters. The molecule has 0 saturated heterocycles. The number of halogens is 1. The summed E-state index contributed by atoms with van der Waals surface area (Å²) in [6, 6.07) is 5.42. The van der Waals surface area contributed by atoms with Crippen LogP contribution in [0.25, 0.3) is 0 Å². The molecule has 0 bridgehead atoms.